The zero-order valence-corrected chi connectivity index (χ0v) is 11.0. The normalized spacial score (nSPS) is 18.4. The molecule has 1 aromatic carbocycles. The Hall–Kier alpha value is -2.11. The van der Waals surface area contributed by atoms with E-state index in [1.54, 1.807) is 19.1 Å². The number of methoxy groups -OCH3 is 1. The Morgan fingerprint density at radius 2 is 2.26 bits per heavy atom. The maximum Gasteiger partial charge on any atom is 0.328 e. The van der Waals surface area contributed by atoms with Crippen LogP contribution < -0.4 is 4.90 Å². The molecule has 0 N–H and O–H groups in total. The average Bonchev–Trinajstić information content (AvgIpc) is 2.86. The lowest BCUT2D eigenvalue weighted by molar-refractivity contribution is -0.385. The van der Waals surface area contributed by atoms with Crippen molar-refractivity contribution in [3.05, 3.63) is 33.9 Å². The van der Waals surface area contributed by atoms with Gasteiger partial charge in [-0.25, -0.2) is 4.79 Å². The van der Waals surface area contributed by atoms with Gasteiger partial charge in [0.25, 0.3) is 5.69 Å². The van der Waals surface area contributed by atoms with Gasteiger partial charge in [0.2, 0.25) is 0 Å². The Kier molecular flexibility index (Phi) is 3.69. The number of nitro groups is 1. The molecule has 1 atom stereocenters. The van der Waals surface area contributed by atoms with Gasteiger partial charge in [-0.15, -0.1) is 0 Å². The van der Waals surface area contributed by atoms with E-state index in [2.05, 4.69) is 0 Å². The van der Waals surface area contributed by atoms with Crippen LogP contribution in [0.25, 0.3) is 0 Å². The molecule has 1 aliphatic rings. The second-order valence-corrected chi connectivity index (χ2v) is 4.60. The summed E-state index contributed by atoms with van der Waals surface area (Å²) in [5.74, 6) is -0.256. The molecule has 1 fully saturated rings. The summed E-state index contributed by atoms with van der Waals surface area (Å²) >= 11 is 0. The average molecular weight is 264 g/mol. The van der Waals surface area contributed by atoms with Crippen LogP contribution in [0.15, 0.2) is 18.2 Å². The molecule has 6 nitrogen and oxygen atoms in total. The number of rotatable bonds is 3. The molecule has 1 aromatic rings. The fourth-order valence-corrected chi connectivity index (χ4v) is 2.48. The maximum atomic E-state index is 11.7. The first kappa shape index (κ1) is 13.3. The molecule has 6 heteroatoms. The van der Waals surface area contributed by atoms with E-state index in [0.29, 0.717) is 5.56 Å². The zero-order chi connectivity index (χ0) is 14.0. The summed E-state index contributed by atoms with van der Waals surface area (Å²) < 4.78 is 4.79. The summed E-state index contributed by atoms with van der Waals surface area (Å²) in [6.45, 7) is 2.46. The molecule has 0 radical (unpaired) electrons. The Morgan fingerprint density at radius 1 is 1.53 bits per heavy atom. The highest BCUT2D eigenvalue weighted by atomic mass is 16.6. The van der Waals surface area contributed by atoms with Crippen molar-refractivity contribution in [3.8, 4) is 0 Å². The lowest BCUT2D eigenvalue weighted by Crippen LogP contribution is -2.36. The minimum Gasteiger partial charge on any atom is -0.467 e. The summed E-state index contributed by atoms with van der Waals surface area (Å²) in [6.07, 6.45) is 1.67. The lowest BCUT2D eigenvalue weighted by atomic mass is 10.1. The van der Waals surface area contributed by atoms with Gasteiger partial charge >= 0.3 is 5.97 Å². The number of nitrogens with zero attached hydrogens (tertiary/aromatic N) is 2. The molecule has 0 saturated carbocycles. The number of carbonyl (C=O) groups excluding carboxylic acids is 1. The van der Waals surface area contributed by atoms with Crippen molar-refractivity contribution < 1.29 is 14.5 Å². The smallest absolute Gasteiger partial charge is 0.328 e. The van der Waals surface area contributed by atoms with Crippen LogP contribution in [-0.2, 0) is 9.53 Å². The highest BCUT2D eigenvalue weighted by Crippen LogP contribution is 2.30. The Balaban J connectivity index is 2.29. The van der Waals surface area contributed by atoms with E-state index in [1.165, 1.54) is 13.2 Å². The Morgan fingerprint density at radius 3 is 2.84 bits per heavy atom. The van der Waals surface area contributed by atoms with Crippen molar-refractivity contribution in [2.45, 2.75) is 25.8 Å². The van der Waals surface area contributed by atoms with E-state index in [9.17, 15) is 14.9 Å². The summed E-state index contributed by atoms with van der Waals surface area (Å²) in [6, 6.07) is 4.63. The third-order valence-electron chi connectivity index (χ3n) is 3.43. The summed E-state index contributed by atoms with van der Waals surface area (Å²) in [4.78, 5) is 24.0. The second kappa shape index (κ2) is 5.26. The van der Waals surface area contributed by atoms with Crippen LogP contribution in [0.1, 0.15) is 18.4 Å². The van der Waals surface area contributed by atoms with Gasteiger partial charge in [0.15, 0.2) is 0 Å². The third kappa shape index (κ3) is 2.52. The van der Waals surface area contributed by atoms with E-state index < -0.39 is 4.92 Å². The number of carbonyl (C=O) groups is 1. The summed E-state index contributed by atoms with van der Waals surface area (Å²) in [5.41, 5.74) is 1.52. The van der Waals surface area contributed by atoms with Gasteiger partial charge in [-0.3, -0.25) is 10.1 Å². The molecule has 0 aliphatic carbocycles. The van der Waals surface area contributed by atoms with Crippen molar-refractivity contribution >= 4 is 17.3 Å². The van der Waals surface area contributed by atoms with E-state index >= 15 is 0 Å². The first-order chi connectivity index (χ1) is 9.04. The summed E-state index contributed by atoms with van der Waals surface area (Å²) in [7, 11) is 1.37. The molecule has 0 amide bonds. The fourth-order valence-electron chi connectivity index (χ4n) is 2.48. The molecule has 19 heavy (non-hydrogen) atoms. The fraction of sp³-hybridized carbons (Fsp3) is 0.462. The largest absolute Gasteiger partial charge is 0.467 e. The first-order valence-electron chi connectivity index (χ1n) is 6.14. The summed E-state index contributed by atoms with van der Waals surface area (Å²) in [5, 5.41) is 10.8. The minimum absolute atomic E-state index is 0.0950. The van der Waals surface area contributed by atoms with Crippen molar-refractivity contribution in [1.82, 2.24) is 0 Å². The number of benzene rings is 1. The van der Waals surface area contributed by atoms with E-state index in [4.69, 9.17) is 4.74 Å². The minimum atomic E-state index is -0.402. The van der Waals surface area contributed by atoms with Gasteiger partial charge in [0.05, 0.1) is 12.0 Å². The second-order valence-electron chi connectivity index (χ2n) is 4.60. The van der Waals surface area contributed by atoms with E-state index in [1.807, 2.05) is 4.90 Å². The SMILES string of the molecule is COC(=O)C1CCCN1c1ccc([N+](=O)[O-])c(C)c1. The van der Waals surface area contributed by atoms with Crippen molar-refractivity contribution in [2.75, 3.05) is 18.6 Å². The van der Waals surface area contributed by atoms with Gasteiger partial charge in [0.1, 0.15) is 6.04 Å². The molecule has 1 unspecified atom stereocenters. The Bertz CT molecular complexity index is 515. The predicted octanol–water partition coefficient (Wildman–Crippen LogP) is 2.05. The van der Waals surface area contributed by atoms with E-state index in [-0.39, 0.29) is 17.7 Å². The topological polar surface area (TPSA) is 72.7 Å². The number of esters is 1. The predicted molar refractivity (Wildman–Crippen MR) is 70.2 cm³/mol. The molecule has 0 spiro atoms. The molecule has 1 heterocycles. The molecule has 0 aromatic heterocycles. The molecule has 1 saturated heterocycles. The van der Waals surface area contributed by atoms with Gasteiger partial charge in [-0.05, 0) is 31.9 Å². The molecule has 0 bridgehead atoms. The van der Waals surface area contributed by atoms with Gasteiger partial charge in [-0.1, -0.05) is 0 Å². The molecular formula is C13H16N2O4. The quantitative estimate of drug-likeness (QED) is 0.474. The van der Waals surface area contributed by atoms with Crippen molar-refractivity contribution in [3.63, 3.8) is 0 Å². The number of anilines is 1. The van der Waals surface area contributed by atoms with Gasteiger partial charge in [0, 0.05) is 23.9 Å². The molecular weight excluding hydrogens is 248 g/mol. The molecule has 2 rings (SSSR count). The van der Waals surface area contributed by atoms with Crippen LogP contribution in [0.5, 0.6) is 0 Å². The first-order valence-corrected chi connectivity index (χ1v) is 6.14. The van der Waals surface area contributed by atoms with Crippen LogP contribution in [0, 0.1) is 17.0 Å². The lowest BCUT2D eigenvalue weighted by Gasteiger charge is -2.25. The van der Waals surface area contributed by atoms with E-state index in [0.717, 1.165) is 25.1 Å². The van der Waals surface area contributed by atoms with Crippen LogP contribution >= 0.6 is 0 Å². The monoisotopic (exact) mass is 264 g/mol. The highest BCUT2D eigenvalue weighted by molar-refractivity contribution is 5.81. The third-order valence-corrected chi connectivity index (χ3v) is 3.43. The zero-order valence-electron chi connectivity index (χ0n) is 11.0. The van der Waals surface area contributed by atoms with Crippen LogP contribution in [-0.4, -0.2) is 30.6 Å². The van der Waals surface area contributed by atoms with Crippen LogP contribution in [0.4, 0.5) is 11.4 Å². The van der Waals surface area contributed by atoms with Crippen molar-refractivity contribution in [1.29, 1.82) is 0 Å². The standard InChI is InChI=1S/C13H16N2O4/c1-9-8-10(5-6-11(9)15(17)18)14-7-3-4-12(14)13(16)19-2/h5-6,8,12H,3-4,7H2,1-2H3. The number of ether oxygens (including phenoxy) is 1. The maximum absolute atomic E-state index is 11.7. The molecule has 102 valence electrons. The van der Waals surface area contributed by atoms with Crippen LogP contribution in [0.2, 0.25) is 0 Å². The van der Waals surface area contributed by atoms with Crippen LogP contribution in [0.3, 0.4) is 0 Å². The molecule has 1 aliphatic heterocycles. The Labute approximate surface area is 111 Å². The number of hydrogen-bond acceptors (Lipinski definition) is 5. The highest BCUT2D eigenvalue weighted by Gasteiger charge is 2.32. The number of hydrogen-bond donors (Lipinski definition) is 0. The van der Waals surface area contributed by atoms with Crippen molar-refractivity contribution in [2.24, 2.45) is 0 Å². The van der Waals surface area contributed by atoms with Gasteiger partial charge < -0.3 is 9.64 Å². The number of nitro benzene ring substituents is 1. The number of aryl methyl sites for hydroxylation is 1. The van der Waals surface area contributed by atoms with Gasteiger partial charge in [-0.2, -0.15) is 0 Å².